The van der Waals surface area contributed by atoms with Gasteiger partial charge in [-0.2, -0.15) is 5.10 Å². The van der Waals surface area contributed by atoms with Gasteiger partial charge in [0, 0.05) is 18.4 Å². The van der Waals surface area contributed by atoms with E-state index in [9.17, 15) is 4.79 Å². The first-order chi connectivity index (χ1) is 13.5. The Morgan fingerprint density at radius 2 is 1.75 bits per heavy atom. The number of methoxy groups -OCH3 is 2. The van der Waals surface area contributed by atoms with Crippen LogP contribution in [0.15, 0.2) is 42.5 Å². The highest BCUT2D eigenvalue weighted by atomic mass is 16.5. The third-order valence-corrected chi connectivity index (χ3v) is 5.47. The molecule has 1 heterocycles. The van der Waals surface area contributed by atoms with Gasteiger partial charge in [-0.05, 0) is 44.0 Å². The number of ether oxygens (including phenoxy) is 2. The fourth-order valence-electron chi connectivity index (χ4n) is 4.03. The molecule has 28 heavy (non-hydrogen) atoms. The lowest BCUT2D eigenvalue weighted by atomic mass is 9.81. The maximum Gasteiger partial charge on any atom is 0.167 e. The molecule has 5 heteroatoms. The molecule has 0 bridgehead atoms. The van der Waals surface area contributed by atoms with E-state index in [1.807, 2.05) is 41.9 Å². The van der Waals surface area contributed by atoms with Crippen molar-refractivity contribution in [2.75, 3.05) is 14.2 Å². The van der Waals surface area contributed by atoms with Crippen LogP contribution in [0.1, 0.15) is 45.2 Å². The number of nitrogens with zero attached hydrogens (tertiary/aromatic N) is 2. The van der Waals surface area contributed by atoms with Gasteiger partial charge in [0.1, 0.15) is 11.5 Å². The van der Waals surface area contributed by atoms with Crippen molar-refractivity contribution in [3.05, 3.63) is 70.5 Å². The number of Topliss-reactive ketones (excluding diaryl/α,β-unsaturated/α-hetero) is 1. The van der Waals surface area contributed by atoms with Crippen LogP contribution in [0.5, 0.6) is 11.5 Å². The van der Waals surface area contributed by atoms with Gasteiger partial charge in [-0.1, -0.05) is 23.8 Å². The molecule has 0 spiro atoms. The monoisotopic (exact) mass is 376 g/mol. The molecule has 0 unspecified atom stereocenters. The van der Waals surface area contributed by atoms with E-state index >= 15 is 0 Å². The van der Waals surface area contributed by atoms with Gasteiger partial charge in [-0.15, -0.1) is 0 Å². The van der Waals surface area contributed by atoms with Crippen molar-refractivity contribution >= 4 is 5.78 Å². The highest BCUT2D eigenvalue weighted by molar-refractivity contribution is 6.00. The zero-order chi connectivity index (χ0) is 19.8. The zero-order valence-corrected chi connectivity index (χ0v) is 16.7. The van der Waals surface area contributed by atoms with E-state index in [0.29, 0.717) is 6.42 Å². The van der Waals surface area contributed by atoms with Gasteiger partial charge >= 0.3 is 0 Å². The van der Waals surface area contributed by atoms with Crippen LogP contribution in [0.25, 0.3) is 5.69 Å². The van der Waals surface area contributed by atoms with Crippen molar-refractivity contribution in [3.8, 4) is 17.2 Å². The van der Waals surface area contributed by atoms with E-state index < -0.39 is 0 Å². The normalized spacial score (nSPS) is 16.0. The molecule has 4 rings (SSSR count). The average molecular weight is 376 g/mol. The molecular formula is C23H24N2O3. The lowest BCUT2D eigenvalue weighted by Crippen LogP contribution is -2.21. The summed E-state index contributed by atoms with van der Waals surface area (Å²) in [5.74, 6) is 1.67. The van der Waals surface area contributed by atoms with Crippen molar-refractivity contribution < 1.29 is 14.3 Å². The van der Waals surface area contributed by atoms with Crippen LogP contribution in [0.4, 0.5) is 0 Å². The minimum Gasteiger partial charge on any atom is -0.497 e. The summed E-state index contributed by atoms with van der Waals surface area (Å²) in [5.41, 5.74) is 5.73. The van der Waals surface area contributed by atoms with E-state index in [4.69, 9.17) is 9.47 Å². The first kappa shape index (κ1) is 18.3. The summed E-state index contributed by atoms with van der Waals surface area (Å²) in [6.07, 6.45) is 1.19. The van der Waals surface area contributed by atoms with Gasteiger partial charge < -0.3 is 9.47 Å². The Bertz CT molecular complexity index is 1030. The van der Waals surface area contributed by atoms with Gasteiger partial charge in [0.25, 0.3) is 0 Å². The molecule has 2 aromatic carbocycles. The Hall–Kier alpha value is -3.08. The molecule has 0 N–H and O–H groups in total. The fraction of sp³-hybridized carbons (Fsp3) is 0.304. The van der Waals surface area contributed by atoms with Crippen LogP contribution in [-0.2, 0) is 6.42 Å². The maximum atomic E-state index is 13.0. The number of aryl methyl sites for hydroxylation is 2. The first-order valence-corrected chi connectivity index (χ1v) is 9.42. The summed E-state index contributed by atoms with van der Waals surface area (Å²) in [4.78, 5) is 13.0. The summed E-state index contributed by atoms with van der Waals surface area (Å²) >= 11 is 0. The highest BCUT2D eigenvalue weighted by Gasteiger charge is 2.33. The Kier molecular flexibility index (Phi) is 4.67. The third-order valence-electron chi connectivity index (χ3n) is 5.47. The van der Waals surface area contributed by atoms with Gasteiger partial charge in [0.2, 0.25) is 0 Å². The molecule has 0 amide bonds. The van der Waals surface area contributed by atoms with Crippen LogP contribution in [0.2, 0.25) is 0 Å². The molecule has 1 aliphatic rings. The Balaban J connectivity index is 1.78. The SMILES string of the molecule is COc1ccc([C@H]2CC(=O)c3c(C)nn(-c4ccc(C)cc4)c3C2)c(OC)c1. The van der Waals surface area contributed by atoms with Gasteiger partial charge in [-0.3, -0.25) is 4.79 Å². The summed E-state index contributed by atoms with van der Waals surface area (Å²) in [6, 6.07) is 14.0. The Labute approximate surface area is 164 Å². The molecule has 3 aromatic rings. The third kappa shape index (κ3) is 3.07. The molecule has 1 atom stereocenters. The molecule has 0 aliphatic heterocycles. The summed E-state index contributed by atoms with van der Waals surface area (Å²) in [7, 11) is 3.28. The number of hydrogen-bond donors (Lipinski definition) is 0. The van der Waals surface area contributed by atoms with Gasteiger partial charge in [-0.25, -0.2) is 4.68 Å². The zero-order valence-electron chi connectivity index (χ0n) is 16.7. The molecule has 0 fully saturated rings. The second-order valence-corrected chi connectivity index (χ2v) is 7.29. The molecule has 0 radical (unpaired) electrons. The summed E-state index contributed by atoms with van der Waals surface area (Å²) in [6.45, 7) is 3.97. The minimum atomic E-state index is 0.0427. The molecule has 144 valence electrons. The van der Waals surface area contributed by atoms with Crippen molar-refractivity contribution in [3.63, 3.8) is 0 Å². The molecule has 1 aromatic heterocycles. The lowest BCUT2D eigenvalue weighted by Gasteiger charge is -2.25. The van der Waals surface area contributed by atoms with Crippen LogP contribution < -0.4 is 9.47 Å². The lowest BCUT2D eigenvalue weighted by molar-refractivity contribution is 0.0963. The average Bonchev–Trinajstić information content (AvgIpc) is 3.05. The number of fused-ring (bicyclic) bond motifs is 1. The van der Waals surface area contributed by atoms with Crippen molar-refractivity contribution in [1.82, 2.24) is 9.78 Å². The van der Waals surface area contributed by atoms with E-state index in [1.165, 1.54) is 5.56 Å². The number of benzene rings is 2. The fourth-order valence-corrected chi connectivity index (χ4v) is 4.03. The Morgan fingerprint density at radius 1 is 1.00 bits per heavy atom. The summed E-state index contributed by atoms with van der Waals surface area (Å²) in [5, 5.41) is 4.69. The number of hydrogen-bond acceptors (Lipinski definition) is 4. The molecule has 5 nitrogen and oxygen atoms in total. The number of carbonyl (C=O) groups excluding carboxylic acids is 1. The van der Waals surface area contributed by atoms with Crippen molar-refractivity contribution in [2.45, 2.75) is 32.6 Å². The van der Waals surface area contributed by atoms with E-state index in [1.54, 1.807) is 14.2 Å². The minimum absolute atomic E-state index is 0.0427. The number of aromatic nitrogens is 2. The number of rotatable bonds is 4. The maximum absolute atomic E-state index is 13.0. The van der Waals surface area contributed by atoms with Crippen molar-refractivity contribution in [2.24, 2.45) is 0 Å². The largest absolute Gasteiger partial charge is 0.497 e. The highest BCUT2D eigenvalue weighted by Crippen LogP contribution is 2.39. The molecule has 1 aliphatic carbocycles. The van der Waals surface area contributed by atoms with Gasteiger partial charge in [0.15, 0.2) is 5.78 Å². The predicted molar refractivity (Wildman–Crippen MR) is 108 cm³/mol. The topological polar surface area (TPSA) is 53.3 Å². The molecule has 0 saturated heterocycles. The van der Waals surface area contributed by atoms with E-state index in [-0.39, 0.29) is 11.7 Å². The van der Waals surface area contributed by atoms with Crippen LogP contribution in [0.3, 0.4) is 0 Å². The first-order valence-electron chi connectivity index (χ1n) is 9.42. The van der Waals surface area contributed by atoms with E-state index in [0.717, 1.165) is 46.1 Å². The quantitative estimate of drug-likeness (QED) is 0.676. The Morgan fingerprint density at radius 3 is 2.43 bits per heavy atom. The molecule has 0 saturated carbocycles. The van der Waals surface area contributed by atoms with Crippen LogP contribution in [-0.4, -0.2) is 29.8 Å². The smallest absolute Gasteiger partial charge is 0.167 e. The standard InChI is InChI=1S/C23H24N2O3/c1-14-5-7-17(8-6-14)25-20-11-16(12-21(26)23(20)15(2)24-25)19-10-9-18(27-3)13-22(19)28-4/h5-10,13,16H,11-12H2,1-4H3/t16-/m1/s1. The van der Waals surface area contributed by atoms with E-state index in [2.05, 4.69) is 24.2 Å². The number of carbonyl (C=O) groups is 1. The van der Waals surface area contributed by atoms with Crippen LogP contribution in [0, 0.1) is 13.8 Å². The summed E-state index contributed by atoms with van der Waals surface area (Å²) < 4.78 is 12.8. The number of ketones is 1. The molecular weight excluding hydrogens is 352 g/mol. The van der Waals surface area contributed by atoms with Crippen molar-refractivity contribution in [1.29, 1.82) is 0 Å². The second kappa shape index (κ2) is 7.15. The van der Waals surface area contributed by atoms with Crippen LogP contribution >= 0.6 is 0 Å². The van der Waals surface area contributed by atoms with Gasteiger partial charge in [0.05, 0.1) is 36.9 Å². The predicted octanol–water partition coefficient (Wildman–Crippen LogP) is 4.42. The second-order valence-electron chi connectivity index (χ2n) is 7.29.